The number of amides is 1. The van der Waals surface area contributed by atoms with Gasteiger partial charge in [-0.3, -0.25) is 9.69 Å². The Kier molecular flexibility index (Phi) is 6.01. The van der Waals surface area contributed by atoms with Gasteiger partial charge in [0.25, 0.3) is 5.91 Å². The quantitative estimate of drug-likeness (QED) is 0.556. The van der Waals surface area contributed by atoms with E-state index in [1.807, 2.05) is 38.1 Å². The van der Waals surface area contributed by atoms with Crippen molar-refractivity contribution < 1.29 is 4.79 Å². The van der Waals surface area contributed by atoms with Gasteiger partial charge in [0.15, 0.2) is 0 Å². The Morgan fingerprint density at radius 1 is 1.13 bits per heavy atom. The molecule has 4 heteroatoms. The highest BCUT2D eigenvalue weighted by Gasteiger charge is 2.33. The van der Waals surface area contributed by atoms with Crippen molar-refractivity contribution in [1.29, 1.82) is 0 Å². The molecule has 1 heterocycles. The van der Waals surface area contributed by atoms with Gasteiger partial charge < -0.3 is 10.6 Å². The molecule has 0 saturated carbocycles. The molecule has 4 nitrogen and oxygen atoms in total. The molecule has 1 fully saturated rings. The van der Waals surface area contributed by atoms with Gasteiger partial charge in [-0.05, 0) is 81.2 Å². The average Bonchev–Trinajstić information content (AvgIpc) is 3.11. The summed E-state index contributed by atoms with van der Waals surface area (Å²) in [7, 11) is 2.19. The fraction of sp³-hybridized carbons (Fsp3) is 0.370. The molecule has 0 spiro atoms. The molecule has 0 bridgehead atoms. The van der Waals surface area contributed by atoms with E-state index in [4.69, 9.17) is 0 Å². The summed E-state index contributed by atoms with van der Waals surface area (Å²) in [6.45, 7) is 8.37. The Bertz CT molecular complexity index is 1090. The highest BCUT2D eigenvalue weighted by molar-refractivity contribution is 5.97. The van der Waals surface area contributed by atoms with Crippen LogP contribution in [0.2, 0.25) is 0 Å². The molecule has 3 aromatic carbocycles. The van der Waals surface area contributed by atoms with Crippen molar-refractivity contribution in [2.75, 3.05) is 25.5 Å². The summed E-state index contributed by atoms with van der Waals surface area (Å²) in [6, 6.07) is 20.6. The fourth-order valence-electron chi connectivity index (χ4n) is 4.63. The molecular formula is C27H33N3O. The van der Waals surface area contributed by atoms with Gasteiger partial charge in [-0.1, -0.05) is 48.5 Å². The van der Waals surface area contributed by atoms with Gasteiger partial charge >= 0.3 is 0 Å². The molecular weight excluding hydrogens is 382 g/mol. The molecule has 0 aliphatic carbocycles. The van der Waals surface area contributed by atoms with Crippen molar-refractivity contribution in [2.24, 2.45) is 0 Å². The third kappa shape index (κ3) is 4.45. The minimum absolute atomic E-state index is 0.0363. The van der Waals surface area contributed by atoms with Crippen LogP contribution in [0.3, 0.4) is 0 Å². The first kappa shape index (κ1) is 21.4. The number of benzene rings is 3. The number of likely N-dealkylation sites (N-methyl/N-ethyl adjacent to an activating group) is 1. The summed E-state index contributed by atoms with van der Waals surface area (Å²) < 4.78 is 0. The zero-order valence-corrected chi connectivity index (χ0v) is 19.0. The van der Waals surface area contributed by atoms with E-state index in [0.717, 1.165) is 35.5 Å². The van der Waals surface area contributed by atoms with Gasteiger partial charge in [0, 0.05) is 23.3 Å². The van der Waals surface area contributed by atoms with Crippen LogP contribution in [0, 0.1) is 6.92 Å². The zero-order chi connectivity index (χ0) is 22.0. The Labute approximate surface area is 185 Å². The second kappa shape index (κ2) is 8.72. The monoisotopic (exact) mass is 415 g/mol. The zero-order valence-electron chi connectivity index (χ0n) is 19.0. The second-order valence-electron chi connectivity index (χ2n) is 9.17. The summed E-state index contributed by atoms with van der Waals surface area (Å²) in [5, 5.41) is 9.15. The lowest BCUT2D eigenvalue weighted by Crippen LogP contribution is -2.44. The molecule has 3 aromatic rings. The molecule has 2 atom stereocenters. The third-order valence-electron chi connectivity index (χ3n) is 6.92. The lowest BCUT2D eigenvalue weighted by Gasteiger charge is -2.32. The van der Waals surface area contributed by atoms with Gasteiger partial charge in [-0.2, -0.15) is 0 Å². The first-order valence-corrected chi connectivity index (χ1v) is 11.2. The van der Waals surface area contributed by atoms with Crippen LogP contribution in [0.4, 0.5) is 5.69 Å². The number of hydrogen-bond acceptors (Lipinski definition) is 3. The largest absolute Gasteiger partial charge is 0.383 e. The molecule has 0 unspecified atom stereocenters. The van der Waals surface area contributed by atoms with Gasteiger partial charge in [0.2, 0.25) is 0 Å². The van der Waals surface area contributed by atoms with E-state index in [1.165, 1.54) is 23.6 Å². The van der Waals surface area contributed by atoms with Crippen LogP contribution in [0.15, 0.2) is 60.7 Å². The number of nitrogens with zero attached hydrogens (tertiary/aromatic N) is 1. The third-order valence-corrected chi connectivity index (χ3v) is 6.92. The molecule has 2 N–H and O–H groups in total. The number of fused-ring (bicyclic) bond motifs is 1. The minimum atomic E-state index is -0.0827. The summed E-state index contributed by atoms with van der Waals surface area (Å²) in [6.07, 6.45) is 2.43. The number of rotatable bonds is 6. The van der Waals surface area contributed by atoms with Crippen molar-refractivity contribution >= 4 is 22.4 Å². The Balaban J connectivity index is 1.49. The van der Waals surface area contributed by atoms with Crippen LogP contribution >= 0.6 is 0 Å². The molecule has 1 saturated heterocycles. The minimum Gasteiger partial charge on any atom is -0.383 e. The smallest absolute Gasteiger partial charge is 0.252 e. The van der Waals surface area contributed by atoms with Crippen LogP contribution in [0.25, 0.3) is 10.8 Å². The summed E-state index contributed by atoms with van der Waals surface area (Å²) >= 11 is 0. The predicted molar refractivity (Wildman–Crippen MR) is 130 cm³/mol. The van der Waals surface area contributed by atoms with Crippen LogP contribution in [0.1, 0.15) is 54.2 Å². The first-order chi connectivity index (χ1) is 14.9. The predicted octanol–water partition coefficient (Wildman–Crippen LogP) is 5.54. The van der Waals surface area contributed by atoms with Crippen LogP contribution in [-0.2, 0) is 0 Å². The van der Waals surface area contributed by atoms with Crippen molar-refractivity contribution in [3.63, 3.8) is 0 Å². The van der Waals surface area contributed by atoms with Crippen LogP contribution in [-0.4, -0.2) is 36.5 Å². The molecule has 1 aliphatic rings. The topological polar surface area (TPSA) is 44.4 Å². The maximum absolute atomic E-state index is 13.2. The molecule has 31 heavy (non-hydrogen) atoms. The highest BCUT2D eigenvalue weighted by Crippen LogP contribution is 2.28. The lowest BCUT2D eigenvalue weighted by atomic mass is 9.98. The normalized spacial score (nSPS) is 20.0. The lowest BCUT2D eigenvalue weighted by molar-refractivity contribution is 0.0939. The Morgan fingerprint density at radius 2 is 1.90 bits per heavy atom. The maximum atomic E-state index is 13.2. The van der Waals surface area contributed by atoms with Gasteiger partial charge in [-0.25, -0.2) is 0 Å². The van der Waals surface area contributed by atoms with Crippen molar-refractivity contribution in [3.05, 3.63) is 77.4 Å². The van der Waals surface area contributed by atoms with E-state index in [1.54, 1.807) is 0 Å². The van der Waals surface area contributed by atoms with Gasteiger partial charge in [-0.15, -0.1) is 0 Å². The van der Waals surface area contributed by atoms with E-state index < -0.39 is 0 Å². The number of carbonyl (C=O) groups excluding carboxylic acids is 1. The first-order valence-electron chi connectivity index (χ1n) is 11.2. The summed E-state index contributed by atoms with van der Waals surface area (Å²) in [5.41, 5.74) is 4.00. The Hall–Kier alpha value is -2.85. The molecule has 4 rings (SSSR count). The van der Waals surface area contributed by atoms with E-state index >= 15 is 0 Å². The van der Waals surface area contributed by atoms with Crippen LogP contribution in [0.5, 0.6) is 0 Å². The maximum Gasteiger partial charge on any atom is 0.252 e. The summed E-state index contributed by atoms with van der Waals surface area (Å²) in [5.74, 6) is -0.0363. The van der Waals surface area contributed by atoms with E-state index in [0.29, 0.717) is 0 Å². The van der Waals surface area contributed by atoms with Crippen molar-refractivity contribution in [2.45, 2.75) is 45.2 Å². The number of anilines is 1. The second-order valence-corrected chi connectivity index (χ2v) is 9.17. The van der Waals surface area contributed by atoms with Crippen LogP contribution < -0.4 is 10.6 Å². The SMILES string of the molecule is Cc1ccc(NC[C@]2(C)CCCN2C)cc1C(=O)N[C@H](C)c1cccc2ccccc12. The van der Waals surface area contributed by atoms with Gasteiger partial charge in [0.05, 0.1) is 6.04 Å². The standard InChI is InChI=1S/C27H33N3O/c1-19-13-14-22(28-18-27(3)15-8-16-30(27)4)17-25(19)26(31)29-20(2)23-12-7-10-21-9-5-6-11-24(21)23/h5-7,9-14,17,20,28H,8,15-16,18H2,1-4H3,(H,29,31)/t20-,27+/m1/s1. The van der Waals surface area contributed by atoms with E-state index in [9.17, 15) is 4.79 Å². The number of carbonyl (C=O) groups is 1. The molecule has 162 valence electrons. The molecule has 1 aliphatic heterocycles. The number of likely N-dealkylation sites (tertiary alicyclic amines) is 1. The number of aryl methyl sites for hydroxylation is 1. The average molecular weight is 416 g/mol. The summed E-state index contributed by atoms with van der Waals surface area (Å²) in [4.78, 5) is 15.6. The Morgan fingerprint density at radius 3 is 2.68 bits per heavy atom. The van der Waals surface area contributed by atoms with Gasteiger partial charge in [0.1, 0.15) is 0 Å². The van der Waals surface area contributed by atoms with E-state index in [-0.39, 0.29) is 17.5 Å². The highest BCUT2D eigenvalue weighted by atomic mass is 16.1. The van der Waals surface area contributed by atoms with E-state index in [2.05, 4.69) is 65.9 Å². The molecule has 0 aromatic heterocycles. The molecule has 0 radical (unpaired) electrons. The fourth-order valence-corrected chi connectivity index (χ4v) is 4.63. The number of nitrogens with one attached hydrogen (secondary N) is 2. The van der Waals surface area contributed by atoms with Crippen molar-refractivity contribution in [3.8, 4) is 0 Å². The number of hydrogen-bond donors (Lipinski definition) is 2. The van der Waals surface area contributed by atoms with Crippen molar-refractivity contribution in [1.82, 2.24) is 10.2 Å². The molecule has 1 amide bonds.